The molecule has 0 aliphatic heterocycles. The third-order valence-electron chi connectivity index (χ3n) is 4.56. The molecule has 2 unspecified atom stereocenters. The molecule has 23 heavy (non-hydrogen) atoms. The average molecular weight is 317 g/mol. The van der Waals surface area contributed by atoms with E-state index in [2.05, 4.69) is 10.6 Å². The van der Waals surface area contributed by atoms with E-state index in [1.807, 2.05) is 32.0 Å². The number of rotatable bonds is 5. The van der Waals surface area contributed by atoms with Crippen LogP contribution in [0.3, 0.4) is 0 Å². The molecule has 0 radical (unpaired) electrons. The first-order valence-electron chi connectivity index (χ1n) is 8.38. The highest BCUT2D eigenvalue weighted by Crippen LogP contribution is 2.31. The molecule has 0 aromatic heterocycles. The molecule has 2 rings (SSSR count). The van der Waals surface area contributed by atoms with Gasteiger partial charge in [0.25, 0.3) is 5.91 Å². The van der Waals surface area contributed by atoms with Gasteiger partial charge in [0.05, 0.1) is 5.92 Å². The Morgan fingerprint density at radius 1 is 1.30 bits per heavy atom. The van der Waals surface area contributed by atoms with E-state index in [-0.39, 0.29) is 17.7 Å². The van der Waals surface area contributed by atoms with E-state index < -0.39 is 5.54 Å². The van der Waals surface area contributed by atoms with Crippen molar-refractivity contribution in [2.75, 3.05) is 6.54 Å². The lowest BCUT2D eigenvalue weighted by molar-refractivity contribution is -0.128. The summed E-state index contributed by atoms with van der Waals surface area (Å²) >= 11 is 0. The van der Waals surface area contributed by atoms with E-state index in [1.54, 1.807) is 6.07 Å². The van der Waals surface area contributed by atoms with E-state index in [0.717, 1.165) is 31.2 Å². The summed E-state index contributed by atoms with van der Waals surface area (Å²) in [5.41, 5.74) is 7.37. The molecule has 126 valence electrons. The van der Waals surface area contributed by atoms with E-state index in [9.17, 15) is 9.59 Å². The van der Waals surface area contributed by atoms with Gasteiger partial charge in [0.1, 0.15) is 0 Å². The normalized spacial score (nSPS) is 24.0. The Bertz CT molecular complexity index is 569. The lowest BCUT2D eigenvalue weighted by Crippen LogP contribution is -2.52. The van der Waals surface area contributed by atoms with Crippen molar-refractivity contribution in [2.24, 2.45) is 11.7 Å². The molecular weight excluding hydrogens is 290 g/mol. The predicted molar refractivity (Wildman–Crippen MR) is 90.8 cm³/mol. The Kier molecular flexibility index (Phi) is 5.77. The molecular formula is C18H27N3O2. The van der Waals surface area contributed by atoms with Crippen LogP contribution in [0, 0.1) is 5.92 Å². The van der Waals surface area contributed by atoms with Gasteiger partial charge in [0.2, 0.25) is 5.91 Å². The number of carbonyl (C=O) groups excluding carboxylic acids is 2. The van der Waals surface area contributed by atoms with Crippen LogP contribution >= 0.6 is 0 Å². The van der Waals surface area contributed by atoms with Crippen LogP contribution in [-0.2, 0) is 11.3 Å². The molecule has 2 atom stereocenters. The van der Waals surface area contributed by atoms with Crippen LogP contribution in [-0.4, -0.2) is 23.9 Å². The van der Waals surface area contributed by atoms with Crippen LogP contribution in [0.15, 0.2) is 24.3 Å². The van der Waals surface area contributed by atoms with Gasteiger partial charge >= 0.3 is 0 Å². The fraction of sp³-hybridized carbons (Fsp3) is 0.556. The summed E-state index contributed by atoms with van der Waals surface area (Å²) in [6.45, 7) is 4.86. The van der Waals surface area contributed by atoms with E-state index in [4.69, 9.17) is 5.73 Å². The van der Waals surface area contributed by atoms with Crippen molar-refractivity contribution < 1.29 is 9.59 Å². The summed E-state index contributed by atoms with van der Waals surface area (Å²) in [7, 11) is 0. The summed E-state index contributed by atoms with van der Waals surface area (Å²) in [4.78, 5) is 24.3. The van der Waals surface area contributed by atoms with Crippen LogP contribution in [0.25, 0.3) is 0 Å². The highest BCUT2D eigenvalue weighted by atomic mass is 16.2. The molecule has 1 aromatic carbocycles. The van der Waals surface area contributed by atoms with Gasteiger partial charge in [-0.3, -0.25) is 9.59 Å². The Morgan fingerprint density at radius 3 is 2.78 bits per heavy atom. The summed E-state index contributed by atoms with van der Waals surface area (Å²) < 4.78 is 0. The summed E-state index contributed by atoms with van der Waals surface area (Å²) in [6.07, 6.45) is 3.87. The number of nitrogens with one attached hydrogen (secondary N) is 2. The third kappa shape index (κ3) is 4.55. The fourth-order valence-electron chi connectivity index (χ4n) is 3.19. The number of hydrogen-bond donors (Lipinski definition) is 3. The number of hydrogen-bond acceptors (Lipinski definition) is 3. The first-order chi connectivity index (χ1) is 10.9. The van der Waals surface area contributed by atoms with Crippen molar-refractivity contribution >= 4 is 11.8 Å². The van der Waals surface area contributed by atoms with E-state index in [1.165, 1.54) is 0 Å². The second-order valence-corrected chi connectivity index (χ2v) is 6.58. The van der Waals surface area contributed by atoms with Crippen LogP contribution in [0.1, 0.15) is 55.5 Å². The number of benzene rings is 1. The second-order valence-electron chi connectivity index (χ2n) is 6.58. The standard InChI is InChI=1S/C18H27N3O2/c1-3-20-16(22)14-8-6-7-13(11-14)12-21-17(23)15-9-4-5-10-18(15,2)19/h6-8,11,15H,3-5,9-10,12,19H2,1-2H3,(H,20,22)(H,21,23). The summed E-state index contributed by atoms with van der Waals surface area (Å²) in [5.74, 6) is -0.219. The minimum Gasteiger partial charge on any atom is -0.352 e. The van der Waals surface area contributed by atoms with Crippen molar-refractivity contribution in [2.45, 2.75) is 51.6 Å². The van der Waals surface area contributed by atoms with Gasteiger partial charge in [-0.1, -0.05) is 25.0 Å². The highest BCUT2D eigenvalue weighted by Gasteiger charge is 2.37. The molecule has 1 aliphatic carbocycles. The van der Waals surface area contributed by atoms with Crippen LogP contribution in [0.4, 0.5) is 0 Å². The van der Waals surface area contributed by atoms with Crippen molar-refractivity contribution in [1.82, 2.24) is 10.6 Å². The molecule has 0 heterocycles. The summed E-state index contributed by atoms with van der Waals surface area (Å²) in [5, 5.41) is 5.75. The molecule has 5 heteroatoms. The fourth-order valence-corrected chi connectivity index (χ4v) is 3.19. The van der Waals surface area contributed by atoms with Gasteiger partial charge in [-0.2, -0.15) is 0 Å². The van der Waals surface area contributed by atoms with Gasteiger partial charge in [0.15, 0.2) is 0 Å². The number of amides is 2. The Balaban J connectivity index is 1.96. The molecule has 4 N–H and O–H groups in total. The molecule has 2 amide bonds. The molecule has 5 nitrogen and oxygen atoms in total. The first-order valence-corrected chi connectivity index (χ1v) is 8.38. The Labute approximate surface area is 138 Å². The van der Waals surface area contributed by atoms with Crippen molar-refractivity contribution in [3.05, 3.63) is 35.4 Å². The monoisotopic (exact) mass is 317 g/mol. The number of carbonyl (C=O) groups is 2. The minimum absolute atomic E-state index is 0.0121. The third-order valence-corrected chi connectivity index (χ3v) is 4.56. The zero-order chi connectivity index (χ0) is 16.9. The van der Waals surface area contributed by atoms with Gasteiger partial charge in [0, 0.05) is 24.2 Å². The molecule has 1 aliphatic rings. The maximum absolute atomic E-state index is 12.4. The maximum Gasteiger partial charge on any atom is 0.251 e. The predicted octanol–water partition coefficient (Wildman–Crippen LogP) is 1.96. The van der Waals surface area contributed by atoms with E-state index >= 15 is 0 Å². The zero-order valence-corrected chi connectivity index (χ0v) is 14.0. The van der Waals surface area contributed by atoms with Gasteiger partial charge < -0.3 is 16.4 Å². The molecule has 1 aromatic rings. The molecule has 1 fully saturated rings. The largest absolute Gasteiger partial charge is 0.352 e. The van der Waals surface area contributed by atoms with Crippen LogP contribution in [0.2, 0.25) is 0 Å². The quantitative estimate of drug-likeness (QED) is 0.776. The smallest absolute Gasteiger partial charge is 0.251 e. The van der Waals surface area contributed by atoms with Gasteiger partial charge in [-0.15, -0.1) is 0 Å². The lowest BCUT2D eigenvalue weighted by Gasteiger charge is -2.37. The maximum atomic E-state index is 12.4. The Morgan fingerprint density at radius 2 is 2.09 bits per heavy atom. The second kappa shape index (κ2) is 7.59. The topological polar surface area (TPSA) is 84.2 Å². The van der Waals surface area contributed by atoms with Crippen LogP contribution in [0.5, 0.6) is 0 Å². The molecule has 0 bridgehead atoms. The first kappa shape index (κ1) is 17.5. The molecule has 1 saturated carbocycles. The number of nitrogens with two attached hydrogens (primary N) is 1. The zero-order valence-electron chi connectivity index (χ0n) is 14.0. The van der Waals surface area contributed by atoms with E-state index in [0.29, 0.717) is 18.7 Å². The van der Waals surface area contributed by atoms with Gasteiger partial charge in [-0.25, -0.2) is 0 Å². The lowest BCUT2D eigenvalue weighted by atomic mass is 9.74. The minimum atomic E-state index is -0.425. The SMILES string of the molecule is CCNC(=O)c1cccc(CNC(=O)C2CCCCC2(C)N)c1. The van der Waals surface area contributed by atoms with Crippen LogP contribution < -0.4 is 16.4 Å². The molecule has 0 spiro atoms. The van der Waals surface area contributed by atoms with Gasteiger partial charge in [-0.05, 0) is 44.4 Å². The molecule has 0 saturated heterocycles. The average Bonchev–Trinajstić information content (AvgIpc) is 2.52. The summed E-state index contributed by atoms with van der Waals surface area (Å²) in [6, 6.07) is 7.33. The highest BCUT2D eigenvalue weighted by molar-refractivity contribution is 5.94. The Hall–Kier alpha value is -1.88. The van der Waals surface area contributed by atoms with Crippen molar-refractivity contribution in [1.29, 1.82) is 0 Å². The van der Waals surface area contributed by atoms with Crippen molar-refractivity contribution in [3.63, 3.8) is 0 Å². The van der Waals surface area contributed by atoms with Crippen molar-refractivity contribution in [3.8, 4) is 0 Å².